The summed E-state index contributed by atoms with van der Waals surface area (Å²) in [6.45, 7) is 6.91. The number of hydrogen-bond acceptors (Lipinski definition) is 4. The Kier molecular flexibility index (Phi) is 4.84. The number of nitrogens with zero attached hydrogens (tertiary/aromatic N) is 1. The molecule has 32 heavy (non-hydrogen) atoms. The summed E-state index contributed by atoms with van der Waals surface area (Å²) in [5.41, 5.74) is 1.72. The van der Waals surface area contributed by atoms with Crippen molar-refractivity contribution in [2.75, 3.05) is 16.8 Å². The van der Waals surface area contributed by atoms with E-state index in [1.54, 1.807) is 48.5 Å². The number of carbonyl (C=O) groups is 3. The third-order valence-electron chi connectivity index (χ3n) is 7.78. The van der Waals surface area contributed by atoms with Crippen LogP contribution in [0.4, 0.5) is 11.4 Å². The molecule has 2 saturated carbocycles. The number of amides is 3. The number of anilines is 2. The minimum absolute atomic E-state index is 0.0511. The van der Waals surface area contributed by atoms with Crippen LogP contribution in [0.15, 0.2) is 48.5 Å². The molecule has 2 aromatic carbocycles. The Balaban J connectivity index is 1.30. The molecule has 1 saturated heterocycles. The summed E-state index contributed by atoms with van der Waals surface area (Å²) < 4.78 is 5.41. The van der Waals surface area contributed by atoms with Crippen LogP contribution in [0, 0.1) is 29.1 Å². The highest BCUT2D eigenvalue weighted by molar-refractivity contribution is 6.22. The standard InChI is InChI=1S/C26H28N2O4/c1-4-32-18-11-7-16(8-12-18)27-23(29)15-5-9-17(10-6-15)28-24(30)21-19-13-14-20(26(19,2)3)22(21)25(28)31/h5-12,19-22H,4,13-14H2,1-3H3,(H,27,29)/t19-,20-,21-,22+/m1/s1. The van der Waals surface area contributed by atoms with E-state index in [-0.39, 0.29) is 46.8 Å². The minimum atomic E-state index is -0.253. The molecular formula is C26H28N2O4. The predicted molar refractivity (Wildman–Crippen MR) is 121 cm³/mol. The molecule has 3 amide bonds. The summed E-state index contributed by atoms with van der Waals surface area (Å²) in [4.78, 5) is 40.4. The lowest BCUT2D eigenvalue weighted by atomic mass is 9.79. The van der Waals surface area contributed by atoms with Crippen LogP contribution >= 0.6 is 0 Å². The molecule has 5 rings (SSSR count). The Morgan fingerprint density at radius 2 is 1.53 bits per heavy atom. The topological polar surface area (TPSA) is 75.7 Å². The maximum absolute atomic E-state index is 13.2. The first-order valence-electron chi connectivity index (χ1n) is 11.3. The smallest absolute Gasteiger partial charge is 0.255 e. The maximum atomic E-state index is 13.2. The molecule has 6 nitrogen and oxygen atoms in total. The number of nitrogens with one attached hydrogen (secondary N) is 1. The molecule has 2 bridgehead atoms. The molecule has 2 aromatic rings. The van der Waals surface area contributed by atoms with E-state index >= 15 is 0 Å². The van der Waals surface area contributed by atoms with Crippen LogP contribution in [0.2, 0.25) is 0 Å². The van der Waals surface area contributed by atoms with Crippen molar-refractivity contribution in [1.29, 1.82) is 0 Å². The van der Waals surface area contributed by atoms with Crippen LogP contribution in [0.5, 0.6) is 5.75 Å². The van der Waals surface area contributed by atoms with Crippen LogP contribution in [0.1, 0.15) is 44.0 Å². The van der Waals surface area contributed by atoms with Crippen LogP contribution in [0.25, 0.3) is 0 Å². The van der Waals surface area contributed by atoms with Crippen molar-refractivity contribution in [3.8, 4) is 5.75 Å². The zero-order chi connectivity index (χ0) is 22.6. The van der Waals surface area contributed by atoms with Gasteiger partial charge >= 0.3 is 0 Å². The average molecular weight is 433 g/mol. The lowest BCUT2D eigenvalue weighted by molar-refractivity contribution is -0.124. The van der Waals surface area contributed by atoms with Gasteiger partial charge in [0.25, 0.3) is 5.91 Å². The van der Waals surface area contributed by atoms with Gasteiger partial charge in [-0.1, -0.05) is 13.8 Å². The largest absolute Gasteiger partial charge is 0.494 e. The first-order valence-corrected chi connectivity index (χ1v) is 11.3. The van der Waals surface area contributed by atoms with Gasteiger partial charge in [-0.2, -0.15) is 0 Å². The van der Waals surface area contributed by atoms with Crippen molar-refractivity contribution in [2.45, 2.75) is 33.6 Å². The maximum Gasteiger partial charge on any atom is 0.255 e. The van der Waals surface area contributed by atoms with E-state index in [4.69, 9.17) is 4.74 Å². The molecule has 2 aliphatic carbocycles. The van der Waals surface area contributed by atoms with Gasteiger partial charge in [0.1, 0.15) is 5.75 Å². The zero-order valence-corrected chi connectivity index (χ0v) is 18.6. The van der Waals surface area contributed by atoms with E-state index in [1.165, 1.54) is 4.90 Å². The second-order valence-electron chi connectivity index (χ2n) is 9.63. The molecule has 3 aliphatic rings. The fourth-order valence-corrected chi connectivity index (χ4v) is 6.24. The summed E-state index contributed by atoms with van der Waals surface area (Å²) in [5.74, 6) is 0.501. The Hall–Kier alpha value is -3.15. The van der Waals surface area contributed by atoms with E-state index in [9.17, 15) is 14.4 Å². The van der Waals surface area contributed by atoms with E-state index < -0.39 is 0 Å². The quantitative estimate of drug-likeness (QED) is 0.706. The van der Waals surface area contributed by atoms with E-state index in [0.717, 1.165) is 18.6 Å². The van der Waals surface area contributed by atoms with Crippen LogP contribution < -0.4 is 15.0 Å². The van der Waals surface area contributed by atoms with Crippen molar-refractivity contribution in [2.24, 2.45) is 29.1 Å². The molecule has 1 N–H and O–H groups in total. The van der Waals surface area contributed by atoms with Gasteiger partial charge in [-0.3, -0.25) is 19.3 Å². The lowest BCUT2D eigenvalue weighted by Gasteiger charge is -2.28. The highest BCUT2D eigenvalue weighted by Crippen LogP contribution is 2.65. The van der Waals surface area contributed by atoms with Gasteiger partial charge in [0.05, 0.1) is 24.1 Å². The first-order chi connectivity index (χ1) is 15.3. The van der Waals surface area contributed by atoms with Gasteiger partial charge in [-0.15, -0.1) is 0 Å². The molecule has 0 radical (unpaired) electrons. The van der Waals surface area contributed by atoms with Crippen molar-refractivity contribution < 1.29 is 19.1 Å². The lowest BCUT2D eigenvalue weighted by Crippen LogP contribution is -2.36. The third kappa shape index (κ3) is 3.04. The normalized spacial score (nSPS) is 27.5. The Morgan fingerprint density at radius 3 is 2.06 bits per heavy atom. The molecule has 3 fully saturated rings. The van der Waals surface area contributed by atoms with Crippen LogP contribution in [-0.4, -0.2) is 24.3 Å². The molecule has 0 spiro atoms. The number of rotatable bonds is 5. The van der Waals surface area contributed by atoms with Gasteiger partial charge in [-0.05, 0) is 85.5 Å². The van der Waals surface area contributed by atoms with Crippen molar-refractivity contribution >= 4 is 29.1 Å². The molecule has 0 aromatic heterocycles. The van der Waals surface area contributed by atoms with Gasteiger partial charge in [-0.25, -0.2) is 0 Å². The van der Waals surface area contributed by atoms with E-state index in [0.29, 0.717) is 23.5 Å². The Labute approximate surface area is 187 Å². The van der Waals surface area contributed by atoms with Crippen molar-refractivity contribution in [3.63, 3.8) is 0 Å². The molecule has 0 unspecified atom stereocenters. The number of carbonyl (C=O) groups excluding carboxylic acids is 3. The summed E-state index contributed by atoms with van der Waals surface area (Å²) in [6.07, 6.45) is 2.05. The summed E-state index contributed by atoms with van der Waals surface area (Å²) in [6, 6.07) is 13.9. The number of imide groups is 1. The zero-order valence-electron chi connectivity index (χ0n) is 18.6. The SMILES string of the molecule is CCOc1ccc(NC(=O)c2ccc(N3C(=O)[C@@H]4[C@H](C3=O)[C@H]3CC[C@H]4C3(C)C)cc2)cc1. The van der Waals surface area contributed by atoms with Gasteiger partial charge in [0.2, 0.25) is 11.8 Å². The summed E-state index contributed by atoms with van der Waals surface area (Å²) in [7, 11) is 0. The third-order valence-corrected chi connectivity index (χ3v) is 7.78. The monoisotopic (exact) mass is 432 g/mol. The van der Waals surface area contributed by atoms with Crippen molar-refractivity contribution in [1.82, 2.24) is 0 Å². The Bertz CT molecular complexity index is 1040. The Morgan fingerprint density at radius 1 is 0.969 bits per heavy atom. The first kappa shape index (κ1) is 20.7. The highest BCUT2D eigenvalue weighted by atomic mass is 16.5. The number of fused-ring (bicyclic) bond motifs is 5. The molecular weight excluding hydrogens is 404 g/mol. The summed E-state index contributed by atoms with van der Waals surface area (Å²) in [5, 5.41) is 2.85. The van der Waals surface area contributed by atoms with E-state index in [2.05, 4.69) is 19.2 Å². The number of ether oxygens (including phenoxy) is 1. The fourth-order valence-electron chi connectivity index (χ4n) is 6.24. The predicted octanol–water partition coefficient (Wildman–Crippen LogP) is 4.51. The van der Waals surface area contributed by atoms with Gasteiger partial charge in [0, 0.05) is 11.3 Å². The minimum Gasteiger partial charge on any atom is -0.494 e. The van der Waals surface area contributed by atoms with Gasteiger partial charge in [0.15, 0.2) is 0 Å². The highest BCUT2D eigenvalue weighted by Gasteiger charge is 2.68. The average Bonchev–Trinajstić information content (AvgIpc) is 3.31. The molecule has 166 valence electrons. The van der Waals surface area contributed by atoms with Crippen molar-refractivity contribution in [3.05, 3.63) is 54.1 Å². The molecule has 4 atom stereocenters. The molecule has 1 heterocycles. The van der Waals surface area contributed by atoms with Crippen LogP contribution in [0.3, 0.4) is 0 Å². The second kappa shape index (κ2) is 7.47. The fraction of sp³-hybridized carbons (Fsp3) is 0.423. The van der Waals surface area contributed by atoms with Gasteiger partial charge < -0.3 is 10.1 Å². The van der Waals surface area contributed by atoms with E-state index in [1.807, 2.05) is 6.92 Å². The van der Waals surface area contributed by atoms with Crippen LogP contribution in [-0.2, 0) is 9.59 Å². The molecule has 1 aliphatic heterocycles. The second-order valence-corrected chi connectivity index (χ2v) is 9.63. The summed E-state index contributed by atoms with van der Waals surface area (Å²) >= 11 is 0. The number of benzene rings is 2. The number of hydrogen-bond donors (Lipinski definition) is 1. The molecule has 6 heteroatoms.